The minimum Gasteiger partial charge on any atom is -0.491 e. The summed E-state index contributed by atoms with van der Waals surface area (Å²) in [6.07, 6.45) is 0.311. The molecule has 0 aliphatic carbocycles. The van der Waals surface area contributed by atoms with Gasteiger partial charge in [0.15, 0.2) is 6.29 Å². The van der Waals surface area contributed by atoms with Crippen LogP contribution < -0.4 is 20.7 Å². The van der Waals surface area contributed by atoms with Crippen molar-refractivity contribution in [3.8, 4) is 5.75 Å². The van der Waals surface area contributed by atoms with Crippen LogP contribution >= 0.6 is 0 Å². The third-order valence-corrected chi connectivity index (χ3v) is 10.8. The Labute approximate surface area is 347 Å². The summed E-state index contributed by atoms with van der Waals surface area (Å²) in [5.74, 6) is -2.06. The quantitative estimate of drug-likeness (QED) is 0.0221. The van der Waals surface area contributed by atoms with E-state index in [4.69, 9.17) is 9.29 Å². The minimum atomic E-state index is -4.65. The van der Waals surface area contributed by atoms with Gasteiger partial charge in [-0.15, -0.1) is 5.11 Å². The monoisotopic (exact) mass is 920 g/mol. The number of aldehydes is 1. The number of rotatable bonds is 20. The topological polar surface area (TPSA) is 368 Å². The van der Waals surface area contributed by atoms with Gasteiger partial charge >= 0.3 is 0 Å². The molecule has 0 saturated carbocycles. The van der Waals surface area contributed by atoms with Crippen molar-refractivity contribution in [1.29, 1.82) is 0 Å². The van der Waals surface area contributed by atoms with Gasteiger partial charge in [-0.3, -0.25) is 23.0 Å². The fourth-order valence-corrected chi connectivity index (χ4v) is 6.82. The Morgan fingerprint density at radius 2 is 1.20 bits per heavy atom. The Balaban J connectivity index is 1.46. The van der Waals surface area contributed by atoms with E-state index in [9.17, 15) is 52.1 Å². The molecule has 0 saturated heterocycles. The molecule has 1 aromatic heterocycles. The van der Waals surface area contributed by atoms with Gasteiger partial charge in [-0.2, -0.15) is 64.0 Å². The van der Waals surface area contributed by atoms with Crippen molar-refractivity contribution in [3.05, 3.63) is 90.5 Å². The average Bonchev–Trinajstić information content (AvgIpc) is 3.17. The number of nitrogens with one attached hydrogen (secondary N) is 3. The molecule has 0 fully saturated rings. The zero-order chi connectivity index (χ0) is 44.4. The summed E-state index contributed by atoms with van der Waals surface area (Å²) in [5.41, 5.74) is 0.405. The number of nitrogens with zero attached hydrogens (tertiary/aromatic N) is 7. The van der Waals surface area contributed by atoms with E-state index in [0.717, 1.165) is 18.2 Å². The molecule has 28 heteroatoms. The summed E-state index contributed by atoms with van der Waals surface area (Å²) in [5, 5.41) is 24.2. The first kappa shape index (κ1) is 45.7. The molecular weight excluding hydrogens is 889 g/mol. The molecule has 322 valence electrons. The van der Waals surface area contributed by atoms with Crippen LogP contribution in [0.1, 0.15) is 16.8 Å². The standard InChI is InChI=1S/C33H32N10O14S4/c44-20-21-17-23(41-40-22-5-3-6-25(18-22)60(51,52)53)9-11-26(21)35-32-37-31(34-13-16-59(48,49)50)38-33(39-32)36-27-12-10-24(19-29(27)57-14-4-15-58(45,46)47)42-43-28-7-1-2-8-30(28)61(54,55)56/h1-3,5-12,17-20H,4,13-16H2,(H,45,46,47)(H,48,49,50)(H,51,52,53)(H,54,55,56)(H3,34,35,36,37,38,39). The maximum Gasteiger partial charge on any atom is 0.296 e. The lowest BCUT2D eigenvalue weighted by molar-refractivity contribution is 0.112. The molecule has 0 spiro atoms. The molecule has 24 nitrogen and oxygen atoms in total. The fraction of sp³-hybridized carbons (Fsp3) is 0.152. The largest absolute Gasteiger partial charge is 0.491 e. The Hall–Kier alpha value is -6.40. The van der Waals surface area contributed by atoms with Gasteiger partial charge in [0, 0.05) is 18.2 Å². The molecule has 1 heterocycles. The van der Waals surface area contributed by atoms with Gasteiger partial charge in [0.1, 0.15) is 16.3 Å². The highest BCUT2D eigenvalue weighted by Gasteiger charge is 2.17. The summed E-state index contributed by atoms with van der Waals surface area (Å²) >= 11 is 0. The summed E-state index contributed by atoms with van der Waals surface area (Å²) < 4.78 is 135. The summed E-state index contributed by atoms with van der Waals surface area (Å²) in [4.78, 5) is 24.0. The zero-order valence-electron chi connectivity index (χ0n) is 30.8. The minimum absolute atomic E-state index is 0.0108. The summed E-state index contributed by atoms with van der Waals surface area (Å²) in [7, 11) is -17.9. The Morgan fingerprint density at radius 1 is 0.607 bits per heavy atom. The first-order chi connectivity index (χ1) is 28.6. The Bertz CT molecular complexity index is 2950. The van der Waals surface area contributed by atoms with Gasteiger partial charge in [-0.25, -0.2) is 0 Å². The van der Waals surface area contributed by atoms with E-state index in [1.165, 1.54) is 66.7 Å². The molecule has 0 amide bonds. The smallest absolute Gasteiger partial charge is 0.296 e. The summed E-state index contributed by atoms with van der Waals surface area (Å²) in [6.45, 7) is -0.620. The van der Waals surface area contributed by atoms with Crippen molar-refractivity contribution >= 4 is 98.7 Å². The number of carbonyl (C=O) groups excluding carboxylic acids is 1. The van der Waals surface area contributed by atoms with Crippen molar-refractivity contribution in [2.45, 2.75) is 16.2 Å². The predicted octanol–water partition coefficient (Wildman–Crippen LogP) is 5.45. The number of ether oxygens (including phenoxy) is 1. The highest BCUT2D eigenvalue weighted by atomic mass is 32.2. The van der Waals surface area contributed by atoms with Crippen LogP contribution in [0.15, 0.2) is 115 Å². The SMILES string of the molecule is O=Cc1cc(N=Nc2cccc(S(=O)(=O)O)c2)ccc1Nc1nc(NCCS(=O)(=O)O)nc(Nc2ccc(N=Nc3ccccc3S(=O)(=O)O)cc2OCCCS(=O)(=O)O)n1. The number of azo groups is 2. The Morgan fingerprint density at radius 3 is 1.84 bits per heavy atom. The van der Waals surface area contributed by atoms with E-state index in [1.807, 2.05) is 0 Å². The molecule has 5 rings (SSSR count). The fourth-order valence-electron chi connectivity index (χ4n) is 4.83. The number of anilines is 5. The lowest BCUT2D eigenvalue weighted by Crippen LogP contribution is -2.17. The van der Waals surface area contributed by atoms with Crippen molar-refractivity contribution in [3.63, 3.8) is 0 Å². The van der Waals surface area contributed by atoms with Crippen LogP contribution in [0.4, 0.5) is 52.0 Å². The number of hydrogen-bond acceptors (Lipinski definition) is 20. The average molecular weight is 921 g/mol. The van der Waals surface area contributed by atoms with E-state index in [1.54, 1.807) is 0 Å². The first-order valence-corrected chi connectivity index (χ1v) is 23.0. The van der Waals surface area contributed by atoms with E-state index in [2.05, 4.69) is 51.4 Å². The third-order valence-electron chi connectivity index (χ3n) is 7.52. The van der Waals surface area contributed by atoms with Gasteiger partial charge in [0.05, 0.1) is 51.4 Å². The maximum absolute atomic E-state index is 12.1. The maximum atomic E-state index is 12.1. The molecule has 0 aliphatic heterocycles. The van der Waals surface area contributed by atoms with Crippen molar-refractivity contribution in [2.24, 2.45) is 20.5 Å². The van der Waals surface area contributed by atoms with Crippen LogP contribution in [-0.2, 0) is 40.5 Å². The van der Waals surface area contributed by atoms with Crippen LogP contribution in [0.25, 0.3) is 0 Å². The molecule has 4 aromatic carbocycles. The molecular formula is C33H32N10O14S4. The van der Waals surface area contributed by atoms with Crippen LogP contribution in [-0.4, -0.2) is 97.8 Å². The molecule has 7 N–H and O–H groups in total. The molecule has 5 aromatic rings. The molecule has 0 atom stereocenters. The van der Waals surface area contributed by atoms with Crippen molar-refractivity contribution in [1.82, 2.24) is 15.0 Å². The highest BCUT2D eigenvalue weighted by molar-refractivity contribution is 7.86. The van der Waals surface area contributed by atoms with Crippen LogP contribution in [0.3, 0.4) is 0 Å². The third kappa shape index (κ3) is 14.4. The van der Waals surface area contributed by atoms with Gasteiger partial charge in [0.25, 0.3) is 40.5 Å². The molecule has 0 radical (unpaired) electrons. The molecule has 0 bridgehead atoms. The lowest BCUT2D eigenvalue weighted by atomic mass is 10.2. The second kappa shape index (κ2) is 19.3. The molecule has 0 unspecified atom stereocenters. The first-order valence-electron chi connectivity index (χ1n) is 16.9. The number of benzene rings is 4. The van der Waals surface area contributed by atoms with E-state index >= 15 is 0 Å². The van der Waals surface area contributed by atoms with Crippen LogP contribution in [0.5, 0.6) is 5.75 Å². The second-order valence-electron chi connectivity index (χ2n) is 12.1. The van der Waals surface area contributed by atoms with Gasteiger partial charge in [0.2, 0.25) is 17.8 Å². The second-order valence-corrected chi connectivity index (χ2v) is 18.1. The lowest BCUT2D eigenvalue weighted by Gasteiger charge is -2.15. The van der Waals surface area contributed by atoms with Gasteiger partial charge in [-0.05, 0) is 67.1 Å². The van der Waals surface area contributed by atoms with E-state index < -0.39 is 61.8 Å². The Kier molecular flexibility index (Phi) is 14.5. The van der Waals surface area contributed by atoms with E-state index in [-0.39, 0.29) is 82.9 Å². The van der Waals surface area contributed by atoms with Crippen molar-refractivity contribution < 1.29 is 61.4 Å². The van der Waals surface area contributed by atoms with Crippen LogP contribution in [0.2, 0.25) is 0 Å². The number of hydrogen-bond donors (Lipinski definition) is 7. The van der Waals surface area contributed by atoms with Gasteiger partial charge in [-0.1, -0.05) is 18.2 Å². The zero-order valence-corrected chi connectivity index (χ0v) is 34.1. The van der Waals surface area contributed by atoms with Crippen LogP contribution in [0, 0.1) is 0 Å². The molecule has 61 heavy (non-hydrogen) atoms. The van der Waals surface area contributed by atoms with Crippen molar-refractivity contribution in [2.75, 3.05) is 40.6 Å². The number of carbonyl (C=O) groups is 1. The normalized spacial score (nSPS) is 12.4. The van der Waals surface area contributed by atoms with E-state index in [0.29, 0.717) is 6.29 Å². The predicted molar refractivity (Wildman–Crippen MR) is 217 cm³/mol. The van der Waals surface area contributed by atoms with Gasteiger partial charge < -0.3 is 20.7 Å². The highest BCUT2D eigenvalue weighted by Crippen LogP contribution is 2.34. The summed E-state index contributed by atoms with van der Waals surface area (Å²) in [6, 6.07) is 18.5. The number of aromatic nitrogens is 3. The molecule has 0 aliphatic rings.